The molecule has 3 aliphatic carbocycles. The summed E-state index contributed by atoms with van der Waals surface area (Å²) in [5.74, 6) is -0.384. The van der Waals surface area contributed by atoms with Gasteiger partial charge in [0.05, 0.1) is 10.8 Å². The monoisotopic (exact) mass is 536 g/mol. The number of carbonyl (C=O) groups is 2. The maximum atomic E-state index is 13.2. The van der Waals surface area contributed by atoms with Gasteiger partial charge in [-0.25, -0.2) is 0 Å². The molecule has 0 aliphatic heterocycles. The minimum Gasteiger partial charge on any atom is -0.426 e. The summed E-state index contributed by atoms with van der Waals surface area (Å²) in [6, 6.07) is 30.7. The highest BCUT2D eigenvalue weighted by Crippen LogP contribution is 2.64. The highest BCUT2D eigenvalue weighted by atomic mass is 35.5. The number of alkyl halides is 1. The molecule has 4 aromatic carbocycles. The van der Waals surface area contributed by atoms with Crippen LogP contribution in [-0.2, 0) is 21.4 Å². The standard InChI is InChI=1S/C34H29ClO4/c1-33(2,3)32(37)39-26-17-18-27(38-28(36)20-35)31-30(26)29-22-13-7-9-15-24(22)34(31,19-21-11-5-4-6-12-21)25-16-10-8-14-23(25)29/h4-18,29H,19-20H2,1-3H3. The SMILES string of the molecule is CC(C)(C)C(=O)Oc1ccc(OC(=O)CCl)c2c1C1c3ccccc3C2(Cc2ccccc2)c2ccccc21. The molecule has 4 aromatic rings. The molecule has 0 atom stereocenters. The van der Waals surface area contributed by atoms with Crippen molar-refractivity contribution in [1.82, 2.24) is 0 Å². The predicted octanol–water partition coefficient (Wildman–Crippen LogP) is 7.17. The quantitative estimate of drug-likeness (QED) is 0.154. The van der Waals surface area contributed by atoms with E-state index in [2.05, 4.69) is 60.7 Å². The maximum Gasteiger partial charge on any atom is 0.326 e. The molecule has 0 spiro atoms. The van der Waals surface area contributed by atoms with Crippen LogP contribution in [0.3, 0.4) is 0 Å². The summed E-state index contributed by atoms with van der Waals surface area (Å²) < 4.78 is 12.1. The van der Waals surface area contributed by atoms with E-state index in [0.717, 1.165) is 38.9 Å². The molecule has 0 unspecified atom stereocenters. The van der Waals surface area contributed by atoms with Gasteiger partial charge in [0, 0.05) is 17.0 Å². The van der Waals surface area contributed by atoms with Crippen molar-refractivity contribution in [1.29, 1.82) is 0 Å². The zero-order valence-corrected chi connectivity index (χ0v) is 22.9. The third kappa shape index (κ3) is 3.97. The van der Waals surface area contributed by atoms with Gasteiger partial charge in [-0.1, -0.05) is 78.9 Å². The summed E-state index contributed by atoms with van der Waals surface area (Å²) in [4.78, 5) is 25.8. The van der Waals surface area contributed by atoms with E-state index in [0.29, 0.717) is 17.9 Å². The first-order chi connectivity index (χ1) is 18.8. The number of halogens is 1. The lowest BCUT2D eigenvalue weighted by Crippen LogP contribution is -2.44. The molecular formula is C34H29ClO4. The second-order valence-corrected chi connectivity index (χ2v) is 11.5. The van der Waals surface area contributed by atoms with Crippen LogP contribution in [0.1, 0.15) is 65.6 Å². The van der Waals surface area contributed by atoms with Gasteiger partial charge in [-0.05, 0) is 67.1 Å². The van der Waals surface area contributed by atoms with Crippen LogP contribution in [0.5, 0.6) is 11.5 Å². The van der Waals surface area contributed by atoms with E-state index in [9.17, 15) is 9.59 Å². The highest BCUT2D eigenvalue weighted by Gasteiger charge is 2.54. The Morgan fingerprint density at radius 3 is 1.92 bits per heavy atom. The van der Waals surface area contributed by atoms with E-state index in [1.807, 2.05) is 39.0 Å². The second-order valence-electron chi connectivity index (χ2n) is 11.3. The summed E-state index contributed by atoms with van der Waals surface area (Å²) >= 11 is 5.90. The number of rotatable bonds is 5. The summed E-state index contributed by atoms with van der Waals surface area (Å²) in [6.45, 7) is 5.52. The summed E-state index contributed by atoms with van der Waals surface area (Å²) in [5, 5.41) is 0. The van der Waals surface area contributed by atoms with E-state index >= 15 is 0 Å². The largest absolute Gasteiger partial charge is 0.426 e. The molecule has 7 rings (SSSR count). The van der Waals surface area contributed by atoms with Crippen molar-refractivity contribution < 1.29 is 19.1 Å². The Balaban J connectivity index is 1.72. The maximum absolute atomic E-state index is 13.2. The number of ether oxygens (including phenoxy) is 2. The fourth-order valence-electron chi connectivity index (χ4n) is 6.23. The summed E-state index contributed by atoms with van der Waals surface area (Å²) in [6.07, 6.45) is 0.629. The van der Waals surface area contributed by atoms with Crippen LogP contribution in [0.25, 0.3) is 0 Å². The molecule has 5 heteroatoms. The molecular weight excluding hydrogens is 508 g/mol. The van der Waals surface area contributed by atoms with E-state index in [4.69, 9.17) is 21.1 Å². The van der Waals surface area contributed by atoms with Crippen LogP contribution in [0.15, 0.2) is 91.0 Å². The van der Waals surface area contributed by atoms with Gasteiger partial charge < -0.3 is 9.47 Å². The molecule has 0 radical (unpaired) electrons. The van der Waals surface area contributed by atoms with Gasteiger partial charge in [-0.15, -0.1) is 11.6 Å². The van der Waals surface area contributed by atoms with Crippen molar-refractivity contribution in [2.45, 2.75) is 38.5 Å². The number of hydrogen-bond donors (Lipinski definition) is 0. The third-order valence-electron chi connectivity index (χ3n) is 7.81. The second kappa shape index (κ2) is 9.39. The molecule has 0 aromatic heterocycles. The molecule has 4 nitrogen and oxygen atoms in total. The van der Waals surface area contributed by atoms with Crippen LogP contribution >= 0.6 is 11.6 Å². The lowest BCUT2D eigenvalue weighted by molar-refractivity contribution is -0.143. The van der Waals surface area contributed by atoms with Gasteiger partial charge in [0.15, 0.2) is 0 Å². The van der Waals surface area contributed by atoms with E-state index < -0.39 is 16.8 Å². The Labute approximate surface area is 233 Å². The van der Waals surface area contributed by atoms with Crippen molar-refractivity contribution >= 4 is 23.5 Å². The zero-order chi connectivity index (χ0) is 27.4. The van der Waals surface area contributed by atoms with Crippen molar-refractivity contribution in [3.8, 4) is 11.5 Å². The Hall–Kier alpha value is -3.89. The molecule has 0 saturated heterocycles. The third-order valence-corrected chi connectivity index (χ3v) is 8.02. The average molecular weight is 537 g/mol. The summed E-state index contributed by atoms with van der Waals surface area (Å²) in [7, 11) is 0. The molecule has 0 amide bonds. The van der Waals surface area contributed by atoms with Gasteiger partial charge >= 0.3 is 11.9 Å². The van der Waals surface area contributed by atoms with Crippen molar-refractivity contribution in [2.75, 3.05) is 5.88 Å². The molecule has 0 saturated carbocycles. The van der Waals surface area contributed by atoms with Crippen LogP contribution in [0.4, 0.5) is 0 Å². The van der Waals surface area contributed by atoms with Crippen molar-refractivity contribution in [3.05, 3.63) is 130 Å². The fourth-order valence-corrected chi connectivity index (χ4v) is 6.29. The lowest BCUT2D eigenvalue weighted by Gasteiger charge is -2.51. The predicted molar refractivity (Wildman–Crippen MR) is 152 cm³/mol. The van der Waals surface area contributed by atoms with Crippen molar-refractivity contribution in [3.63, 3.8) is 0 Å². The minimum absolute atomic E-state index is 0.192. The molecule has 3 aliphatic rings. The van der Waals surface area contributed by atoms with Crippen LogP contribution in [0.2, 0.25) is 0 Å². The van der Waals surface area contributed by atoms with E-state index in [1.165, 1.54) is 0 Å². The topological polar surface area (TPSA) is 52.6 Å². The lowest BCUT2D eigenvalue weighted by atomic mass is 9.51. The first-order valence-electron chi connectivity index (χ1n) is 13.1. The van der Waals surface area contributed by atoms with Gasteiger partial charge in [0.25, 0.3) is 0 Å². The zero-order valence-electron chi connectivity index (χ0n) is 22.2. The average Bonchev–Trinajstić information content (AvgIpc) is 2.94. The normalized spacial score (nSPS) is 18.5. The van der Waals surface area contributed by atoms with Crippen LogP contribution < -0.4 is 9.47 Å². The minimum atomic E-state index is -0.693. The van der Waals surface area contributed by atoms with Crippen molar-refractivity contribution in [2.24, 2.45) is 5.41 Å². The molecule has 39 heavy (non-hydrogen) atoms. The number of carbonyl (C=O) groups excluding carboxylic acids is 2. The molecule has 196 valence electrons. The smallest absolute Gasteiger partial charge is 0.326 e. The molecule has 0 N–H and O–H groups in total. The molecule has 2 bridgehead atoms. The Bertz CT molecular complexity index is 1550. The van der Waals surface area contributed by atoms with E-state index in [-0.39, 0.29) is 17.8 Å². The van der Waals surface area contributed by atoms with Gasteiger partial charge in [0.1, 0.15) is 17.4 Å². The van der Waals surface area contributed by atoms with Gasteiger partial charge in [0.2, 0.25) is 0 Å². The number of esters is 2. The Kier molecular flexibility index (Phi) is 6.11. The first-order valence-corrected chi connectivity index (χ1v) is 13.7. The fraction of sp³-hybridized carbons (Fsp3) is 0.235. The van der Waals surface area contributed by atoms with Gasteiger partial charge in [-0.3, -0.25) is 9.59 Å². The molecule has 0 fully saturated rings. The Morgan fingerprint density at radius 2 is 1.33 bits per heavy atom. The van der Waals surface area contributed by atoms with Crippen LogP contribution in [0, 0.1) is 5.41 Å². The van der Waals surface area contributed by atoms with Gasteiger partial charge in [-0.2, -0.15) is 0 Å². The Morgan fingerprint density at radius 1 is 0.769 bits per heavy atom. The van der Waals surface area contributed by atoms with E-state index in [1.54, 1.807) is 12.1 Å². The first kappa shape index (κ1) is 25.4. The van der Waals surface area contributed by atoms with Crippen LogP contribution in [-0.4, -0.2) is 17.8 Å². The molecule has 0 heterocycles. The summed E-state index contributed by atoms with van der Waals surface area (Å²) in [5.41, 5.74) is 6.11. The highest BCUT2D eigenvalue weighted by molar-refractivity contribution is 6.26. The number of hydrogen-bond acceptors (Lipinski definition) is 4. The number of benzene rings is 4.